The van der Waals surface area contributed by atoms with E-state index in [2.05, 4.69) is 33.1 Å². The van der Waals surface area contributed by atoms with E-state index in [1.165, 1.54) is 5.56 Å². The summed E-state index contributed by atoms with van der Waals surface area (Å²) in [7, 11) is 0. The highest BCUT2D eigenvalue weighted by atomic mass is 15.2. The molecule has 96 valence electrons. The van der Waals surface area contributed by atoms with Gasteiger partial charge in [-0.2, -0.15) is 5.10 Å². The van der Waals surface area contributed by atoms with Crippen molar-refractivity contribution in [3.8, 4) is 0 Å². The molecule has 1 fully saturated rings. The molecule has 0 aromatic carbocycles. The molecule has 1 aliphatic heterocycles. The molecule has 18 heavy (non-hydrogen) atoms. The summed E-state index contributed by atoms with van der Waals surface area (Å²) in [4.78, 5) is 6.78. The van der Waals surface area contributed by atoms with Crippen molar-refractivity contribution in [1.29, 1.82) is 0 Å². The first-order valence-electron chi connectivity index (χ1n) is 6.41. The van der Waals surface area contributed by atoms with Gasteiger partial charge in [0.05, 0.1) is 0 Å². The predicted molar refractivity (Wildman–Crippen MR) is 71.0 cm³/mol. The molecule has 2 aromatic rings. The van der Waals surface area contributed by atoms with Crippen LogP contribution in [0.15, 0.2) is 12.3 Å². The lowest BCUT2D eigenvalue weighted by Gasteiger charge is -2.14. The molecule has 3 rings (SSSR count). The minimum Gasteiger partial charge on any atom is -0.326 e. The number of hydrogen-bond acceptors (Lipinski definition) is 4. The van der Waals surface area contributed by atoms with Crippen LogP contribution in [0.5, 0.6) is 0 Å². The summed E-state index contributed by atoms with van der Waals surface area (Å²) in [6, 6.07) is 2.48. The molecule has 3 N–H and O–H groups in total. The van der Waals surface area contributed by atoms with Crippen molar-refractivity contribution >= 4 is 11.0 Å². The first-order chi connectivity index (χ1) is 8.63. The molecule has 0 amide bonds. The minimum absolute atomic E-state index is 0.303. The van der Waals surface area contributed by atoms with E-state index in [1.807, 2.05) is 13.1 Å². The Labute approximate surface area is 106 Å². The number of nitrogens with two attached hydrogens (primary N) is 1. The number of aromatic amines is 1. The number of aryl methyl sites for hydroxylation is 1. The largest absolute Gasteiger partial charge is 0.326 e. The fourth-order valence-electron chi connectivity index (χ4n) is 2.63. The summed E-state index contributed by atoms with van der Waals surface area (Å²) in [5, 5.41) is 8.23. The first-order valence-corrected chi connectivity index (χ1v) is 6.41. The molecule has 1 aliphatic rings. The summed E-state index contributed by atoms with van der Waals surface area (Å²) in [5.74, 6) is 0.581. The molecule has 1 saturated heterocycles. The Morgan fingerprint density at radius 2 is 2.33 bits per heavy atom. The van der Waals surface area contributed by atoms with E-state index in [1.54, 1.807) is 0 Å². The molecule has 2 atom stereocenters. The third-order valence-corrected chi connectivity index (χ3v) is 3.81. The van der Waals surface area contributed by atoms with Gasteiger partial charge in [0, 0.05) is 43.0 Å². The van der Waals surface area contributed by atoms with Crippen LogP contribution in [0, 0.1) is 12.8 Å². The molecule has 0 spiro atoms. The zero-order valence-electron chi connectivity index (χ0n) is 10.8. The molecular weight excluding hydrogens is 226 g/mol. The van der Waals surface area contributed by atoms with Crippen LogP contribution in [-0.2, 0) is 6.54 Å². The third kappa shape index (κ3) is 2.00. The summed E-state index contributed by atoms with van der Waals surface area (Å²) >= 11 is 0. The average Bonchev–Trinajstić information content (AvgIpc) is 2.85. The molecule has 0 radical (unpaired) electrons. The third-order valence-electron chi connectivity index (χ3n) is 3.81. The summed E-state index contributed by atoms with van der Waals surface area (Å²) < 4.78 is 0. The van der Waals surface area contributed by atoms with Crippen LogP contribution < -0.4 is 5.73 Å². The number of nitrogens with one attached hydrogen (secondary N) is 1. The van der Waals surface area contributed by atoms with Gasteiger partial charge < -0.3 is 5.73 Å². The van der Waals surface area contributed by atoms with E-state index in [0.29, 0.717) is 12.0 Å². The average molecular weight is 245 g/mol. The fourth-order valence-corrected chi connectivity index (χ4v) is 2.63. The van der Waals surface area contributed by atoms with Crippen molar-refractivity contribution < 1.29 is 0 Å². The highest BCUT2D eigenvalue weighted by Crippen LogP contribution is 2.19. The Bertz CT molecular complexity index is 552. The van der Waals surface area contributed by atoms with E-state index in [4.69, 9.17) is 5.73 Å². The molecule has 5 nitrogen and oxygen atoms in total. The second-order valence-electron chi connectivity index (χ2n) is 5.40. The monoisotopic (exact) mass is 245 g/mol. The second kappa shape index (κ2) is 4.33. The first kappa shape index (κ1) is 11.6. The van der Waals surface area contributed by atoms with Crippen LogP contribution in [0.2, 0.25) is 0 Å². The maximum absolute atomic E-state index is 6.05. The Morgan fingerprint density at radius 3 is 3.06 bits per heavy atom. The molecule has 0 saturated carbocycles. The minimum atomic E-state index is 0.303. The topological polar surface area (TPSA) is 70.8 Å². The maximum Gasteiger partial charge on any atom is 0.181 e. The van der Waals surface area contributed by atoms with Crippen molar-refractivity contribution in [2.45, 2.75) is 26.4 Å². The Morgan fingerprint density at radius 1 is 1.50 bits per heavy atom. The summed E-state index contributed by atoms with van der Waals surface area (Å²) in [6.45, 7) is 7.21. The molecule has 2 unspecified atom stereocenters. The summed E-state index contributed by atoms with van der Waals surface area (Å²) in [6.07, 6.45) is 1.91. The van der Waals surface area contributed by atoms with E-state index in [9.17, 15) is 0 Å². The van der Waals surface area contributed by atoms with Crippen molar-refractivity contribution in [3.63, 3.8) is 0 Å². The van der Waals surface area contributed by atoms with Crippen molar-refractivity contribution in [1.82, 2.24) is 20.1 Å². The van der Waals surface area contributed by atoms with Crippen LogP contribution in [0.4, 0.5) is 0 Å². The number of fused-ring (bicyclic) bond motifs is 1. The van der Waals surface area contributed by atoms with Gasteiger partial charge >= 0.3 is 0 Å². The van der Waals surface area contributed by atoms with Gasteiger partial charge in [0.2, 0.25) is 0 Å². The summed E-state index contributed by atoms with van der Waals surface area (Å²) in [5.41, 5.74) is 9.15. The molecule has 0 aliphatic carbocycles. The highest BCUT2D eigenvalue weighted by molar-refractivity contribution is 5.77. The van der Waals surface area contributed by atoms with E-state index < -0.39 is 0 Å². The zero-order chi connectivity index (χ0) is 12.7. The number of H-pyrrole nitrogens is 1. The quantitative estimate of drug-likeness (QED) is 0.829. The Hall–Kier alpha value is -1.46. The normalized spacial score (nSPS) is 25.1. The number of likely N-dealkylation sites (tertiary alicyclic amines) is 1. The highest BCUT2D eigenvalue weighted by Gasteiger charge is 2.26. The Kier molecular flexibility index (Phi) is 2.80. The van der Waals surface area contributed by atoms with Gasteiger partial charge in [-0.15, -0.1) is 0 Å². The van der Waals surface area contributed by atoms with E-state index >= 15 is 0 Å². The lowest BCUT2D eigenvalue weighted by Crippen LogP contribution is -2.28. The number of nitrogens with zero attached hydrogens (tertiary/aromatic N) is 3. The van der Waals surface area contributed by atoms with E-state index in [0.717, 1.165) is 36.4 Å². The molecule has 5 heteroatoms. The number of hydrogen-bond donors (Lipinski definition) is 2. The SMILES string of the molecule is Cc1[nH]nc2ncc(CN3CC(C)C(N)C3)cc12. The van der Waals surface area contributed by atoms with Crippen LogP contribution >= 0.6 is 0 Å². The fraction of sp³-hybridized carbons (Fsp3) is 0.538. The van der Waals surface area contributed by atoms with E-state index in [-0.39, 0.29) is 0 Å². The van der Waals surface area contributed by atoms with Gasteiger partial charge in [0.1, 0.15) is 0 Å². The predicted octanol–water partition coefficient (Wildman–Crippen LogP) is 1.05. The molecular formula is C13H19N5. The Balaban J connectivity index is 1.80. The standard InChI is InChI=1S/C13H19N5/c1-8-5-18(7-12(8)14)6-10-3-11-9(2)16-17-13(11)15-4-10/h3-4,8,12H,5-7,14H2,1-2H3,(H,15,16,17). The second-order valence-corrected chi connectivity index (χ2v) is 5.40. The zero-order valence-corrected chi connectivity index (χ0v) is 10.8. The van der Waals surface area contributed by atoms with Crippen LogP contribution in [0.25, 0.3) is 11.0 Å². The number of rotatable bonds is 2. The molecule has 2 aromatic heterocycles. The van der Waals surface area contributed by atoms with Gasteiger partial charge in [0.15, 0.2) is 5.65 Å². The maximum atomic E-state index is 6.05. The van der Waals surface area contributed by atoms with Gasteiger partial charge in [-0.3, -0.25) is 10.00 Å². The number of aromatic nitrogens is 3. The van der Waals surface area contributed by atoms with Gasteiger partial charge in [-0.25, -0.2) is 4.98 Å². The van der Waals surface area contributed by atoms with Crippen LogP contribution in [-0.4, -0.2) is 39.2 Å². The van der Waals surface area contributed by atoms with Crippen molar-refractivity contribution in [2.75, 3.05) is 13.1 Å². The van der Waals surface area contributed by atoms with Gasteiger partial charge in [-0.05, 0) is 24.5 Å². The van der Waals surface area contributed by atoms with Gasteiger partial charge in [0.25, 0.3) is 0 Å². The lowest BCUT2D eigenvalue weighted by atomic mass is 10.1. The van der Waals surface area contributed by atoms with Crippen molar-refractivity contribution in [3.05, 3.63) is 23.5 Å². The van der Waals surface area contributed by atoms with Crippen molar-refractivity contribution in [2.24, 2.45) is 11.7 Å². The smallest absolute Gasteiger partial charge is 0.181 e. The molecule has 3 heterocycles. The number of pyridine rings is 1. The van der Waals surface area contributed by atoms with Gasteiger partial charge in [-0.1, -0.05) is 6.92 Å². The molecule has 0 bridgehead atoms. The lowest BCUT2D eigenvalue weighted by molar-refractivity contribution is 0.318. The van der Waals surface area contributed by atoms with Crippen LogP contribution in [0.1, 0.15) is 18.2 Å². The van der Waals surface area contributed by atoms with Crippen LogP contribution in [0.3, 0.4) is 0 Å².